The van der Waals surface area contributed by atoms with Gasteiger partial charge in [0.2, 0.25) is 0 Å². The molecule has 0 bridgehead atoms. The fraction of sp³-hybridized carbons (Fsp3) is 0.500. The molecule has 1 amide bonds. The van der Waals surface area contributed by atoms with Gasteiger partial charge in [0, 0.05) is 11.8 Å². The quantitative estimate of drug-likeness (QED) is 0.579. The number of nitrogens with one attached hydrogen (secondary N) is 1. The van der Waals surface area contributed by atoms with E-state index in [-0.39, 0.29) is 23.3 Å². The van der Waals surface area contributed by atoms with Gasteiger partial charge in [0.15, 0.2) is 6.61 Å². The first kappa shape index (κ1) is 23.8. The Bertz CT molecular complexity index is 857. The smallest absolute Gasteiger partial charge is 0.262 e. The molecule has 0 saturated heterocycles. The number of amides is 1. The standard InChI is InChI=1S/C26H37NO3/c1-18(2)16-29-21-11-9-10-20(15-21)27-24(28)17-30-23-13-12-19(25(3,4)5)14-22(23)26(6,7)8/h9-15,18H,16-17H2,1-8H3,(H,27,28). The Morgan fingerprint density at radius 3 is 2.23 bits per heavy atom. The molecule has 4 nitrogen and oxygen atoms in total. The van der Waals surface area contributed by atoms with Crippen molar-refractivity contribution in [1.29, 1.82) is 0 Å². The molecule has 0 radical (unpaired) electrons. The lowest BCUT2D eigenvalue weighted by Crippen LogP contribution is -2.22. The fourth-order valence-corrected chi connectivity index (χ4v) is 2.98. The molecule has 0 fully saturated rings. The van der Waals surface area contributed by atoms with Crippen LogP contribution in [0.3, 0.4) is 0 Å². The highest BCUT2D eigenvalue weighted by molar-refractivity contribution is 5.92. The van der Waals surface area contributed by atoms with Crippen molar-refractivity contribution in [2.24, 2.45) is 5.92 Å². The Morgan fingerprint density at radius 2 is 1.63 bits per heavy atom. The summed E-state index contributed by atoms with van der Waals surface area (Å²) in [6, 6.07) is 13.7. The third-order valence-electron chi connectivity index (χ3n) is 4.71. The van der Waals surface area contributed by atoms with Crippen LogP contribution >= 0.6 is 0 Å². The Balaban J connectivity index is 2.07. The molecule has 30 heavy (non-hydrogen) atoms. The summed E-state index contributed by atoms with van der Waals surface area (Å²) >= 11 is 0. The third kappa shape index (κ3) is 7.08. The molecule has 2 rings (SSSR count). The van der Waals surface area contributed by atoms with E-state index in [4.69, 9.17) is 9.47 Å². The van der Waals surface area contributed by atoms with Gasteiger partial charge in [0.25, 0.3) is 5.91 Å². The lowest BCUT2D eigenvalue weighted by atomic mass is 9.80. The molecular formula is C26H37NO3. The molecule has 0 aliphatic heterocycles. The Hall–Kier alpha value is -2.49. The van der Waals surface area contributed by atoms with Crippen molar-refractivity contribution < 1.29 is 14.3 Å². The minimum Gasteiger partial charge on any atom is -0.493 e. The van der Waals surface area contributed by atoms with Crippen LogP contribution in [0.5, 0.6) is 11.5 Å². The molecule has 2 aromatic carbocycles. The largest absolute Gasteiger partial charge is 0.493 e. The summed E-state index contributed by atoms with van der Waals surface area (Å²) in [5, 5.41) is 2.89. The van der Waals surface area contributed by atoms with Gasteiger partial charge in [0.1, 0.15) is 11.5 Å². The van der Waals surface area contributed by atoms with E-state index in [2.05, 4.69) is 72.8 Å². The summed E-state index contributed by atoms with van der Waals surface area (Å²) in [5.41, 5.74) is 3.02. The number of hydrogen-bond donors (Lipinski definition) is 1. The number of hydrogen-bond acceptors (Lipinski definition) is 3. The topological polar surface area (TPSA) is 47.6 Å². The minimum atomic E-state index is -0.198. The van der Waals surface area contributed by atoms with E-state index in [9.17, 15) is 4.79 Å². The average Bonchev–Trinajstić information content (AvgIpc) is 2.63. The predicted molar refractivity (Wildman–Crippen MR) is 125 cm³/mol. The second kappa shape index (κ2) is 9.55. The summed E-state index contributed by atoms with van der Waals surface area (Å²) < 4.78 is 11.7. The van der Waals surface area contributed by atoms with Crippen molar-refractivity contribution in [3.05, 3.63) is 53.6 Å². The number of benzene rings is 2. The van der Waals surface area contributed by atoms with Gasteiger partial charge < -0.3 is 14.8 Å². The van der Waals surface area contributed by atoms with Gasteiger partial charge in [-0.1, -0.05) is 73.6 Å². The summed E-state index contributed by atoms with van der Waals surface area (Å²) in [6.45, 7) is 17.9. The van der Waals surface area contributed by atoms with Crippen molar-refractivity contribution >= 4 is 11.6 Å². The third-order valence-corrected chi connectivity index (χ3v) is 4.71. The molecule has 164 valence electrons. The van der Waals surface area contributed by atoms with E-state index in [1.54, 1.807) is 0 Å². The maximum atomic E-state index is 12.5. The van der Waals surface area contributed by atoms with Crippen LogP contribution in [0.2, 0.25) is 0 Å². The van der Waals surface area contributed by atoms with Crippen LogP contribution in [0.15, 0.2) is 42.5 Å². The first-order valence-corrected chi connectivity index (χ1v) is 10.7. The molecule has 0 aromatic heterocycles. The molecule has 0 aliphatic carbocycles. The minimum absolute atomic E-state index is 0.0466. The molecule has 0 heterocycles. The van der Waals surface area contributed by atoms with Crippen molar-refractivity contribution in [1.82, 2.24) is 0 Å². The van der Waals surface area contributed by atoms with Gasteiger partial charge >= 0.3 is 0 Å². The molecule has 0 aliphatic rings. The number of carbonyl (C=O) groups excluding carboxylic acids is 1. The van der Waals surface area contributed by atoms with E-state index >= 15 is 0 Å². The SMILES string of the molecule is CC(C)COc1cccc(NC(=O)COc2ccc(C(C)(C)C)cc2C(C)(C)C)c1. The van der Waals surface area contributed by atoms with Gasteiger partial charge in [-0.05, 0) is 46.1 Å². The van der Waals surface area contributed by atoms with Crippen molar-refractivity contribution in [2.75, 3.05) is 18.5 Å². The molecule has 1 N–H and O–H groups in total. The molecule has 0 unspecified atom stereocenters. The van der Waals surface area contributed by atoms with Crippen LogP contribution in [-0.4, -0.2) is 19.1 Å². The van der Waals surface area contributed by atoms with Gasteiger partial charge in [-0.2, -0.15) is 0 Å². The number of anilines is 1. The fourth-order valence-electron chi connectivity index (χ4n) is 2.98. The first-order valence-electron chi connectivity index (χ1n) is 10.7. The van der Waals surface area contributed by atoms with Crippen LogP contribution in [0.25, 0.3) is 0 Å². The van der Waals surface area contributed by atoms with Gasteiger partial charge in [0.05, 0.1) is 6.61 Å². The predicted octanol–water partition coefficient (Wildman–Crippen LogP) is 6.33. The number of carbonyl (C=O) groups is 1. The summed E-state index contributed by atoms with van der Waals surface area (Å²) in [5.74, 6) is 1.74. The summed E-state index contributed by atoms with van der Waals surface area (Å²) in [4.78, 5) is 12.5. The monoisotopic (exact) mass is 411 g/mol. The van der Waals surface area contributed by atoms with Crippen molar-refractivity contribution in [3.63, 3.8) is 0 Å². The van der Waals surface area contributed by atoms with Gasteiger partial charge in [-0.25, -0.2) is 0 Å². The first-order chi connectivity index (χ1) is 13.9. The maximum absolute atomic E-state index is 12.5. The normalized spacial score (nSPS) is 12.0. The Morgan fingerprint density at radius 1 is 0.933 bits per heavy atom. The van der Waals surface area contributed by atoms with Crippen LogP contribution in [0.4, 0.5) is 5.69 Å². The van der Waals surface area contributed by atoms with Crippen LogP contribution in [0.1, 0.15) is 66.5 Å². The van der Waals surface area contributed by atoms with E-state index in [0.29, 0.717) is 18.2 Å². The zero-order valence-corrected chi connectivity index (χ0v) is 19.8. The molecular weight excluding hydrogens is 374 g/mol. The van der Waals surface area contributed by atoms with Crippen LogP contribution < -0.4 is 14.8 Å². The Labute approximate surface area is 182 Å². The van der Waals surface area contributed by atoms with Crippen LogP contribution in [-0.2, 0) is 15.6 Å². The van der Waals surface area contributed by atoms with E-state index in [0.717, 1.165) is 17.1 Å². The van der Waals surface area contributed by atoms with Gasteiger partial charge in [-0.15, -0.1) is 0 Å². The summed E-state index contributed by atoms with van der Waals surface area (Å²) in [6.07, 6.45) is 0. The van der Waals surface area contributed by atoms with E-state index < -0.39 is 0 Å². The second-order valence-corrected chi connectivity index (χ2v) is 10.3. The van der Waals surface area contributed by atoms with Crippen molar-refractivity contribution in [3.8, 4) is 11.5 Å². The molecule has 4 heteroatoms. The summed E-state index contributed by atoms with van der Waals surface area (Å²) in [7, 11) is 0. The highest BCUT2D eigenvalue weighted by Crippen LogP contribution is 2.35. The number of rotatable bonds is 7. The highest BCUT2D eigenvalue weighted by atomic mass is 16.5. The lowest BCUT2D eigenvalue weighted by molar-refractivity contribution is -0.118. The van der Waals surface area contributed by atoms with Gasteiger partial charge in [-0.3, -0.25) is 4.79 Å². The molecule has 2 aromatic rings. The maximum Gasteiger partial charge on any atom is 0.262 e. The van der Waals surface area contributed by atoms with E-state index in [1.807, 2.05) is 30.3 Å². The Kier molecular flexibility index (Phi) is 7.57. The van der Waals surface area contributed by atoms with Crippen molar-refractivity contribution in [2.45, 2.75) is 66.2 Å². The molecule has 0 spiro atoms. The second-order valence-electron chi connectivity index (χ2n) is 10.3. The zero-order chi connectivity index (χ0) is 22.5. The molecule has 0 atom stereocenters. The lowest BCUT2D eigenvalue weighted by Gasteiger charge is -2.27. The average molecular weight is 412 g/mol. The highest BCUT2D eigenvalue weighted by Gasteiger charge is 2.23. The van der Waals surface area contributed by atoms with Crippen LogP contribution in [0, 0.1) is 5.92 Å². The van der Waals surface area contributed by atoms with E-state index in [1.165, 1.54) is 5.56 Å². The zero-order valence-electron chi connectivity index (χ0n) is 19.8. The molecule has 0 saturated carbocycles. The number of ether oxygens (including phenoxy) is 2.